The molecule has 96 valence electrons. The topological polar surface area (TPSA) is 15.3 Å². The molecule has 1 aromatic carbocycles. The second-order valence-electron chi connectivity index (χ2n) is 4.10. The second-order valence-corrected chi connectivity index (χ2v) is 4.10. The number of likely N-dealkylation sites (N-methyl/N-ethyl adjacent to an activating group) is 1. The highest BCUT2D eigenvalue weighted by Crippen LogP contribution is 2.11. The van der Waals surface area contributed by atoms with Crippen molar-refractivity contribution < 1.29 is 8.78 Å². The molecule has 0 spiro atoms. The molecule has 4 heteroatoms. The lowest BCUT2D eigenvalue weighted by molar-refractivity contribution is 0.349. The minimum Gasteiger partial charge on any atom is -0.315 e. The molecule has 0 fully saturated rings. The number of hydrogen-bond donors (Lipinski definition) is 1. The zero-order chi connectivity index (χ0) is 12.7. The van der Waals surface area contributed by atoms with Gasteiger partial charge in [-0.05, 0) is 38.7 Å². The highest BCUT2D eigenvalue weighted by Gasteiger charge is 2.07. The fourth-order valence-electron chi connectivity index (χ4n) is 1.54. The first-order valence-electron chi connectivity index (χ1n) is 5.97. The highest BCUT2D eigenvalue weighted by molar-refractivity contribution is 5.19. The Kier molecular flexibility index (Phi) is 6.08. The Hall–Kier alpha value is -1.00. The molecule has 0 unspecified atom stereocenters. The summed E-state index contributed by atoms with van der Waals surface area (Å²) in [5.74, 6) is -0.921. The number of halogens is 2. The van der Waals surface area contributed by atoms with Crippen LogP contribution in [0.4, 0.5) is 8.78 Å². The largest absolute Gasteiger partial charge is 0.315 e. The molecule has 0 heterocycles. The van der Waals surface area contributed by atoms with Crippen LogP contribution in [-0.4, -0.2) is 38.1 Å². The molecule has 0 aliphatic heterocycles. The summed E-state index contributed by atoms with van der Waals surface area (Å²) >= 11 is 0. The molecule has 0 aliphatic rings. The predicted molar refractivity (Wildman–Crippen MR) is 66.1 cm³/mol. The van der Waals surface area contributed by atoms with E-state index in [1.165, 1.54) is 18.2 Å². The van der Waals surface area contributed by atoms with Gasteiger partial charge in [-0.25, -0.2) is 8.78 Å². The van der Waals surface area contributed by atoms with E-state index in [2.05, 4.69) is 17.1 Å². The Morgan fingerprint density at radius 3 is 2.41 bits per heavy atom. The molecular weight excluding hydrogens is 222 g/mol. The van der Waals surface area contributed by atoms with Crippen LogP contribution in [0.5, 0.6) is 0 Å². The predicted octanol–water partition coefficient (Wildman–Crippen LogP) is 2.05. The molecule has 0 amide bonds. The summed E-state index contributed by atoms with van der Waals surface area (Å²) in [4.78, 5) is 2.18. The van der Waals surface area contributed by atoms with Gasteiger partial charge in [-0.2, -0.15) is 0 Å². The molecule has 0 radical (unpaired) electrons. The maximum absolute atomic E-state index is 13.3. The SMILES string of the molecule is CCN(C)CCNCCc1c(F)cccc1F. The van der Waals surface area contributed by atoms with Crippen LogP contribution in [0.1, 0.15) is 12.5 Å². The van der Waals surface area contributed by atoms with Crippen molar-refractivity contribution in [1.29, 1.82) is 0 Å². The highest BCUT2D eigenvalue weighted by atomic mass is 19.1. The molecule has 0 aliphatic carbocycles. The molecule has 17 heavy (non-hydrogen) atoms. The average molecular weight is 242 g/mol. The molecule has 1 rings (SSSR count). The van der Waals surface area contributed by atoms with E-state index >= 15 is 0 Å². The summed E-state index contributed by atoms with van der Waals surface area (Å²) in [6.07, 6.45) is 0.383. The second kappa shape index (κ2) is 7.35. The van der Waals surface area contributed by atoms with Gasteiger partial charge >= 0.3 is 0 Å². The lowest BCUT2D eigenvalue weighted by Crippen LogP contribution is -2.30. The van der Waals surface area contributed by atoms with E-state index in [0.717, 1.165) is 19.6 Å². The van der Waals surface area contributed by atoms with Crippen LogP contribution in [-0.2, 0) is 6.42 Å². The van der Waals surface area contributed by atoms with Crippen molar-refractivity contribution >= 4 is 0 Å². The quantitative estimate of drug-likeness (QED) is 0.736. The Morgan fingerprint density at radius 2 is 1.82 bits per heavy atom. The molecule has 0 bridgehead atoms. The monoisotopic (exact) mass is 242 g/mol. The van der Waals surface area contributed by atoms with E-state index in [1.807, 2.05) is 7.05 Å². The van der Waals surface area contributed by atoms with Crippen molar-refractivity contribution in [2.45, 2.75) is 13.3 Å². The van der Waals surface area contributed by atoms with Crippen molar-refractivity contribution in [3.63, 3.8) is 0 Å². The van der Waals surface area contributed by atoms with Crippen molar-refractivity contribution in [2.24, 2.45) is 0 Å². The van der Waals surface area contributed by atoms with Crippen LogP contribution >= 0.6 is 0 Å². The third kappa shape index (κ3) is 4.79. The number of benzene rings is 1. The molecule has 2 nitrogen and oxygen atoms in total. The van der Waals surface area contributed by atoms with Crippen LogP contribution < -0.4 is 5.32 Å². The first kappa shape index (κ1) is 14.1. The average Bonchev–Trinajstić information content (AvgIpc) is 2.31. The Morgan fingerprint density at radius 1 is 1.18 bits per heavy atom. The third-order valence-corrected chi connectivity index (χ3v) is 2.82. The van der Waals surface area contributed by atoms with Crippen molar-refractivity contribution in [3.8, 4) is 0 Å². The van der Waals surface area contributed by atoms with Gasteiger partial charge in [0, 0.05) is 18.7 Å². The van der Waals surface area contributed by atoms with Gasteiger partial charge < -0.3 is 10.2 Å². The van der Waals surface area contributed by atoms with Gasteiger partial charge in [0.1, 0.15) is 11.6 Å². The third-order valence-electron chi connectivity index (χ3n) is 2.82. The fraction of sp³-hybridized carbons (Fsp3) is 0.538. The molecule has 0 aromatic heterocycles. The number of nitrogens with zero attached hydrogens (tertiary/aromatic N) is 1. The van der Waals surface area contributed by atoms with Crippen LogP contribution in [0.15, 0.2) is 18.2 Å². The molecule has 1 aromatic rings. The van der Waals surface area contributed by atoms with Crippen LogP contribution in [0.25, 0.3) is 0 Å². The Bertz CT molecular complexity index is 322. The summed E-state index contributed by atoms with van der Waals surface area (Å²) in [5.41, 5.74) is 0.170. The zero-order valence-electron chi connectivity index (χ0n) is 10.5. The summed E-state index contributed by atoms with van der Waals surface area (Å²) < 4.78 is 26.5. The van der Waals surface area contributed by atoms with Gasteiger partial charge in [-0.1, -0.05) is 13.0 Å². The van der Waals surface area contributed by atoms with Gasteiger partial charge in [0.2, 0.25) is 0 Å². The van der Waals surface area contributed by atoms with E-state index in [4.69, 9.17) is 0 Å². The van der Waals surface area contributed by atoms with E-state index < -0.39 is 11.6 Å². The van der Waals surface area contributed by atoms with E-state index in [1.54, 1.807) is 0 Å². The lowest BCUT2D eigenvalue weighted by atomic mass is 10.1. The minimum absolute atomic E-state index is 0.170. The van der Waals surface area contributed by atoms with Crippen molar-refractivity contribution in [1.82, 2.24) is 10.2 Å². The maximum atomic E-state index is 13.3. The summed E-state index contributed by atoms with van der Waals surface area (Å²) in [6, 6.07) is 3.98. The zero-order valence-corrected chi connectivity index (χ0v) is 10.5. The van der Waals surface area contributed by atoms with Gasteiger partial charge in [-0.15, -0.1) is 0 Å². The first-order chi connectivity index (χ1) is 8.15. The smallest absolute Gasteiger partial charge is 0.129 e. The van der Waals surface area contributed by atoms with Crippen molar-refractivity contribution in [3.05, 3.63) is 35.4 Å². The number of hydrogen-bond acceptors (Lipinski definition) is 2. The minimum atomic E-state index is -0.461. The fourth-order valence-corrected chi connectivity index (χ4v) is 1.54. The summed E-state index contributed by atoms with van der Waals surface area (Å²) in [7, 11) is 2.04. The van der Waals surface area contributed by atoms with Crippen LogP contribution in [0.3, 0.4) is 0 Å². The standard InChI is InChI=1S/C13H20F2N2/c1-3-17(2)10-9-16-8-7-11-12(14)5-4-6-13(11)15/h4-6,16H,3,7-10H2,1-2H3. The Balaban J connectivity index is 2.27. The van der Waals surface area contributed by atoms with E-state index in [9.17, 15) is 8.78 Å². The maximum Gasteiger partial charge on any atom is 0.129 e. The van der Waals surface area contributed by atoms with Gasteiger partial charge in [0.25, 0.3) is 0 Å². The molecule has 0 saturated carbocycles. The Labute approximate surface area is 102 Å². The van der Waals surface area contributed by atoms with Gasteiger partial charge in [0.15, 0.2) is 0 Å². The molecule has 0 saturated heterocycles. The van der Waals surface area contributed by atoms with Crippen LogP contribution in [0.2, 0.25) is 0 Å². The summed E-state index contributed by atoms with van der Waals surface area (Å²) in [5, 5.41) is 3.18. The lowest BCUT2D eigenvalue weighted by Gasteiger charge is -2.14. The number of nitrogens with one attached hydrogen (secondary N) is 1. The van der Waals surface area contributed by atoms with Gasteiger partial charge in [-0.3, -0.25) is 0 Å². The van der Waals surface area contributed by atoms with E-state index in [0.29, 0.717) is 13.0 Å². The van der Waals surface area contributed by atoms with E-state index in [-0.39, 0.29) is 5.56 Å². The number of rotatable bonds is 7. The first-order valence-corrected chi connectivity index (χ1v) is 5.97. The van der Waals surface area contributed by atoms with Crippen LogP contribution in [0, 0.1) is 11.6 Å². The normalized spacial score (nSPS) is 11.1. The van der Waals surface area contributed by atoms with Crippen molar-refractivity contribution in [2.75, 3.05) is 33.2 Å². The molecule has 1 N–H and O–H groups in total. The molecular formula is C13H20F2N2. The summed E-state index contributed by atoms with van der Waals surface area (Å²) in [6.45, 7) is 5.46. The molecule has 0 atom stereocenters. The van der Waals surface area contributed by atoms with Gasteiger partial charge in [0.05, 0.1) is 0 Å².